The zero-order valence-electron chi connectivity index (χ0n) is 15.2. The van der Waals surface area contributed by atoms with Gasteiger partial charge in [0.1, 0.15) is 11.4 Å². The zero-order chi connectivity index (χ0) is 19.5. The van der Waals surface area contributed by atoms with Crippen LogP contribution in [0.5, 0.6) is 11.5 Å². The fourth-order valence-corrected chi connectivity index (χ4v) is 2.16. The second-order valence-corrected chi connectivity index (χ2v) is 6.56. The van der Waals surface area contributed by atoms with Crippen LogP contribution in [0.3, 0.4) is 0 Å². The number of carbonyl (C=O) groups excluding carboxylic acids is 2. The predicted molar refractivity (Wildman–Crippen MR) is 98.3 cm³/mol. The molecule has 0 saturated heterocycles. The van der Waals surface area contributed by atoms with E-state index in [2.05, 4.69) is 4.74 Å². The van der Waals surface area contributed by atoms with Gasteiger partial charge in [0.15, 0.2) is 5.75 Å². The van der Waals surface area contributed by atoms with Crippen LogP contribution in [0.15, 0.2) is 36.4 Å². The minimum atomic E-state index is -0.646. The van der Waals surface area contributed by atoms with Crippen molar-refractivity contribution in [1.29, 1.82) is 0 Å². The van der Waals surface area contributed by atoms with Gasteiger partial charge in [-0.2, -0.15) is 0 Å². The molecule has 2 rings (SSSR count). The summed E-state index contributed by atoms with van der Waals surface area (Å²) in [4.78, 5) is 24.0. The van der Waals surface area contributed by atoms with Crippen molar-refractivity contribution in [3.05, 3.63) is 47.5 Å². The van der Waals surface area contributed by atoms with E-state index in [4.69, 9.17) is 20.9 Å². The number of esters is 2. The number of carbonyl (C=O) groups is 2. The largest absolute Gasteiger partial charge is 0.465 e. The molecule has 0 aliphatic rings. The van der Waals surface area contributed by atoms with Crippen LogP contribution in [0.4, 0.5) is 11.4 Å². The van der Waals surface area contributed by atoms with Crippen LogP contribution < -0.4 is 16.2 Å². The van der Waals surface area contributed by atoms with Crippen LogP contribution in [0.25, 0.3) is 0 Å². The summed E-state index contributed by atoms with van der Waals surface area (Å²) in [6.07, 6.45) is 0. The third-order valence-electron chi connectivity index (χ3n) is 3.34. The maximum Gasteiger partial charge on any atom is 0.340 e. The van der Waals surface area contributed by atoms with E-state index in [1.54, 1.807) is 45.0 Å². The third kappa shape index (κ3) is 4.44. The summed E-state index contributed by atoms with van der Waals surface area (Å²) >= 11 is 0. The Morgan fingerprint density at radius 3 is 2.27 bits per heavy atom. The number of ether oxygens (including phenoxy) is 3. The summed E-state index contributed by atoms with van der Waals surface area (Å²) in [6.45, 7) is 5.30. The molecule has 26 heavy (non-hydrogen) atoms. The lowest BCUT2D eigenvalue weighted by molar-refractivity contribution is 0.00703. The van der Waals surface area contributed by atoms with Crippen molar-refractivity contribution >= 4 is 23.3 Å². The molecular formula is C19H22N2O5. The van der Waals surface area contributed by atoms with Gasteiger partial charge in [-0.25, -0.2) is 9.59 Å². The molecule has 0 unspecified atom stereocenters. The quantitative estimate of drug-likeness (QED) is 0.636. The fourth-order valence-electron chi connectivity index (χ4n) is 2.16. The van der Waals surface area contributed by atoms with Gasteiger partial charge in [-0.05, 0) is 51.1 Å². The van der Waals surface area contributed by atoms with Crippen LogP contribution >= 0.6 is 0 Å². The Balaban J connectivity index is 2.33. The van der Waals surface area contributed by atoms with Gasteiger partial charge in [0.05, 0.1) is 23.9 Å². The van der Waals surface area contributed by atoms with Crippen LogP contribution in [0.2, 0.25) is 0 Å². The van der Waals surface area contributed by atoms with Gasteiger partial charge in [-0.3, -0.25) is 0 Å². The second kappa shape index (κ2) is 7.35. The molecule has 0 aliphatic carbocycles. The molecule has 7 heteroatoms. The number of rotatable bonds is 4. The monoisotopic (exact) mass is 358 g/mol. The van der Waals surface area contributed by atoms with Crippen molar-refractivity contribution in [3.63, 3.8) is 0 Å². The smallest absolute Gasteiger partial charge is 0.340 e. The number of benzene rings is 2. The lowest BCUT2D eigenvalue weighted by Gasteiger charge is -2.20. The summed E-state index contributed by atoms with van der Waals surface area (Å²) in [7, 11) is 1.26. The van der Waals surface area contributed by atoms with Gasteiger partial charge in [0.2, 0.25) is 0 Å². The lowest BCUT2D eigenvalue weighted by atomic mass is 10.1. The highest BCUT2D eigenvalue weighted by Crippen LogP contribution is 2.32. The van der Waals surface area contributed by atoms with E-state index >= 15 is 0 Å². The van der Waals surface area contributed by atoms with Crippen LogP contribution in [0, 0.1) is 0 Å². The Morgan fingerprint density at radius 2 is 1.65 bits per heavy atom. The average Bonchev–Trinajstić information content (AvgIpc) is 2.56. The Labute approximate surface area is 151 Å². The van der Waals surface area contributed by atoms with E-state index < -0.39 is 17.5 Å². The molecule has 0 aromatic heterocycles. The van der Waals surface area contributed by atoms with Gasteiger partial charge < -0.3 is 25.7 Å². The van der Waals surface area contributed by atoms with Crippen molar-refractivity contribution in [2.75, 3.05) is 18.6 Å². The maximum absolute atomic E-state index is 12.3. The fraction of sp³-hybridized carbons (Fsp3) is 0.263. The highest BCUT2D eigenvalue weighted by molar-refractivity contribution is 5.97. The number of anilines is 2. The SMILES string of the molecule is COC(=O)c1cc(Oc2cccc(C(=O)OC(C)(C)C)c2N)ccc1N. The van der Waals surface area contributed by atoms with Crippen molar-refractivity contribution in [3.8, 4) is 11.5 Å². The van der Waals surface area contributed by atoms with E-state index in [-0.39, 0.29) is 28.3 Å². The number of para-hydroxylation sites is 1. The normalized spacial score (nSPS) is 10.9. The third-order valence-corrected chi connectivity index (χ3v) is 3.34. The Kier molecular flexibility index (Phi) is 5.40. The lowest BCUT2D eigenvalue weighted by Crippen LogP contribution is -2.24. The van der Waals surface area contributed by atoms with Gasteiger partial charge in [0, 0.05) is 5.69 Å². The molecule has 2 aromatic rings. The molecule has 138 valence electrons. The van der Waals surface area contributed by atoms with Gasteiger partial charge in [0.25, 0.3) is 0 Å². The molecule has 0 saturated carbocycles. The number of hydrogen-bond acceptors (Lipinski definition) is 7. The van der Waals surface area contributed by atoms with E-state index in [9.17, 15) is 9.59 Å². The standard InChI is InChI=1S/C19H22N2O5/c1-19(2,3)26-18(23)12-6-5-7-15(16(12)21)25-11-8-9-14(20)13(10-11)17(22)24-4/h5-10H,20-21H2,1-4H3. The maximum atomic E-state index is 12.3. The molecule has 0 radical (unpaired) electrons. The summed E-state index contributed by atoms with van der Waals surface area (Å²) in [5, 5.41) is 0. The Bertz CT molecular complexity index is 840. The predicted octanol–water partition coefficient (Wildman–Crippen LogP) is 3.39. The molecule has 0 fully saturated rings. The molecule has 0 amide bonds. The topological polar surface area (TPSA) is 114 Å². The second-order valence-electron chi connectivity index (χ2n) is 6.56. The van der Waals surface area contributed by atoms with E-state index in [1.807, 2.05) is 0 Å². The first-order chi connectivity index (χ1) is 12.1. The minimum Gasteiger partial charge on any atom is -0.465 e. The Hall–Kier alpha value is -3.22. The number of nitrogen functional groups attached to an aromatic ring is 2. The zero-order valence-corrected chi connectivity index (χ0v) is 15.2. The van der Waals surface area contributed by atoms with Gasteiger partial charge in [-0.15, -0.1) is 0 Å². The highest BCUT2D eigenvalue weighted by atomic mass is 16.6. The first-order valence-electron chi connectivity index (χ1n) is 7.90. The van der Waals surface area contributed by atoms with E-state index in [1.165, 1.54) is 19.2 Å². The molecule has 0 bridgehead atoms. The summed E-state index contributed by atoms with van der Waals surface area (Å²) in [5.74, 6) is -0.544. The molecular weight excluding hydrogens is 336 g/mol. The molecule has 0 spiro atoms. The van der Waals surface area contributed by atoms with Crippen molar-refractivity contribution in [1.82, 2.24) is 0 Å². The number of methoxy groups -OCH3 is 1. The molecule has 2 aromatic carbocycles. The van der Waals surface area contributed by atoms with Crippen LogP contribution in [0.1, 0.15) is 41.5 Å². The summed E-state index contributed by atoms with van der Waals surface area (Å²) in [5.41, 5.74) is 12.0. The molecule has 7 nitrogen and oxygen atoms in total. The summed E-state index contributed by atoms with van der Waals surface area (Å²) < 4.78 is 15.7. The Morgan fingerprint density at radius 1 is 0.962 bits per heavy atom. The van der Waals surface area contributed by atoms with E-state index in [0.29, 0.717) is 5.75 Å². The average molecular weight is 358 g/mol. The van der Waals surface area contributed by atoms with Gasteiger partial charge >= 0.3 is 11.9 Å². The first-order valence-corrected chi connectivity index (χ1v) is 7.90. The van der Waals surface area contributed by atoms with Crippen LogP contribution in [-0.4, -0.2) is 24.6 Å². The van der Waals surface area contributed by atoms with Crippen LogP contribution in [-0.2, 0) is 9.47 Å². The van der Waals surface area contributed by atoms with Crippen molar-refractivity contribution < 1.29 is 23.8 Å². The number of hydrogen-bond donors (Lipinski definition) is 2. The van der Waals surface area contributed by atoms with Crippen molar-refractivity contribution in [2.24, 2.45) is 0 Å². The van der Waals surface area contributed by atoms with Gasteiger partial charge in [-0.1, -0.05) is 6.07 Å². The van der Waals surface area contributed by atoms with E-state index in [0.717, 1.165) is 0 Å². The highest BCUT2D eigenvalue weighted by Gasteiger charge is 2.21. The minimum absolute atomic E-state index is 0.137. The molecule has 0 heterocycles. The first kappa shape index (κ1) is 19.1. The molecule has 0 atom stereocenters. The number of nitrogens with two attached hydrogens (primary N) is 2. The molecule has 4 N–H and O–H groups in total. The summed E-state index contributed by atoms with van der Waals surface area (Å²) in [6, 6.07) is 9.34. The molecule has 0 aliphatic heterocycles. The van der Waals surface area contributed by atoms with Crippen molar-refractivity contribution in [2.45, 2.75) is 26.4 Å².